The molecule has 33 heavy (non-hydrogen) atoms. The highest BCUT2D eigenvalue weighted by molar-refractivity contribution is 7.89. The minimum Gasteiger partial charge on any atom is -0.497 e. The number of sulfonamides is 1. The van der Waals surface area contributed by atoms with Crippen molar-refractivity contribution in [2.24, 2.45) is 0 Å². The number of morpholine rings is 1. The molecular weight excluding hydrogens is 440 g/mol. The molecule has 0 spiro atoms. The summed E-state index contributed by atoms with van der Waals surface area (Å²) >= 11 is 0. The second-order valence-corrected chi connectivity index (χ2v) is 10.0. The van der Waals surface area contributed by atoms with Crippen LogP contribution in [0.15, 0.2) is 59.6 Å². The Hall–Kier alpha value is -3.01. The topological polar surface area (TPSA) is 84.9 Å². The van der Waals surface area contributed by atoms with E-state index in [0.29, 0.717) is 32.1 Å². The normalized spacial score (nSPS) is 16.9. The zero-order chi connectivity index (χ0) is 22.8. The van der Waals surface area contributed by atoms with Gasteiger partial charge in [0.1, 0.15) is 5.75 Å². The number of hydrogen-bond acceptors (Lipinski definition) is 7. The summed E-state index contributed by atoms with van der Waals surface area (Å²) < 4.78 is 38.8. The van der Waals surface area contributed by atoms with Gasteiger partial charge in [-0.1, -0.05) is 24.3 Å². The van der Waals surface area contributed by atoms with E-state index in [-0.39, 0.29) is 11.4 Å². The Kier molecular flexibility index (Phi) is 6.01. The summed E-state index contributed by atoms with van der Waals surface area (Å²) in [6, 6.07) is 14.7. The second kappa shape index (κ2) is 9.09. The molecule has 2 aromatic carbocycles. The molecule has 2 aliphatic heterocycles. The maximum Gasteiger partial charge on any atom is 0.243 e. The molecule has 9 heteroatoms. The number of ether oxygens (including phenoxy) is 2. The molecule has 0 radical (unpaired) electrons. The van der Waals surface area contributed by atoms with Gasteiger partial charge in [0.25, 0.3) is 0 Å². The number of methoxy groups -OCH3 is 1. The van der Waals surface area contributed by atoms with Gasteiger partial charge in [0.05, 0.1) is 37.5 Å². The van der Waals surface area contributed by atoms with E-state index in [1.54, 1.807) is 19.2 Å². The number of fused-ring (bicyclic) bond motifs is 1. The quantitative estimate of drug-likeness (QED) is 0.572. The fourth-order valence-corrected chi connectivity index (χ4v) is 5.54. The lowest BCUT2D eigenvalue weighted by Crippen LogP contribution is -2.39. The summed E-state index contributed by atoms with van der Waals surface area (Å²) in [5.74, 6) is 1.42. The molecule has 0 saturated carbocycles. The van der Waals surface area contributed by atoms with E-state index < -0.39 is 10.0 Å². The van der Waals surface area contributed by atoms with Gasteiger partial charge in [0.15, 0.2) is 0 Å². The molecule has 3 aromatic rings. The molecule has 172 valence electrons. The largest absolute Gasteiger partial charge is 0.497 e. The Labute approximate surface area is 193 Å². The van der Waals surface area contributed by atoms with Crippen LogP contribution in [0.1, 0.15) is 11.3 Å². The number of rotatable bonds is 5. The van der Waals surface area contributed by atoms with Gasteiger partial charge < -0.3 is 14.4 Å². The summed E-state index contributed by atoms with van der Waals surface area (Å²) in [7, 11) is -2.00. The molecule has 1 fully saturated rings. The van der Waals surface area contributed by atoms with Crippen LogP contribution in [0.25, 0.3) is 11.1 Å². The van der Waals surface area contributed by atoms with Gasteiger partial charge in [0, 0.05) is 25.8 Å². The Bertz CT molecular complexity index is 1220. The van der Waals surface area contributed by atoms with Crippen LogP contribution in [0.3, 0.4) is 0 Å². The average Bonchev–Trinajstić information content (AvgIpc) is 2.88. The van der Waals surface area contributed by atoms with Crippen LogP contribution >= 0.6 is 0 Å². The molecule has 0 amide bonds. The average molecular weight is 467 g/mol. The number of anilines is 1. The summed E-state index contributed by atoms with van der Waals surface area (Å²) in [5.41, 5.74) is 3.73. The van der Waals surface area contributed by atoms with E-state index in [2.05, 4.69) is 9.88 Å². The van der Waals surface area contributed by atoms with Crippen molar-refractivity contribution in [3.05, 3.63) is 66.0 Å². The van der Waals surface area contributed by atoms with E-state index in [1.807, 2.05) is 42.6 Å². The first-order chi connectivity index (χ1) is 16.0. The van der Waals surface area contributed by atoms with E-state index >= 15 is 0 Å². The zero-order valence-electron chi connectivity index (χ0n) is 18.5. The van der Waals surface area contributed by atoms with Crippen molar-refractivity contribution >= 4 is 16.0 Å². The molecule has 2 aliphatic rings. The molecule has 0 atom stereocenters. The summed E-state index contributed by atoms with van der Waals surface area (Å²) in [6.45, 7) is 3.43. The summed E-state index contributed by atoms with van der Waals surface area (Å²) in [5, 5.41) is 0. The minimum absolute atomic E-state index is 0.248. The number of aromatic nitrogens is 2. The van der Waals surface area contributed by atoms with E-state index in [0.717, 1.165) is 41.2 Å². The molecule has 3 heterocycles. The van der Waals surface area contributed by atoms with Crippen LogP contribution < -0.4 is 9.64 Å². The lowest BCUT2D eigenvalue weighted by Gasteiger charge is -2.30. The van der Waals surface area contributed by atoms with Crippen LogP contribution in [-0.2, 0) is 27.7 Å². The predicted molar refractivity (Wildman–Crippen MR) is 125 cm³/mol. The van der Waals surface area contributed by atoms with E-state index in [1.165, 1.54) is 4.31 Å². The Morgan fingerprint density at radius 3 is 2.27 bits per heavy atom. The summed E-state index contributed by atoms with van der Waals surface area (Å²) in [6.07, 6.45) is 2.43. The van der Waals surface area contributed by atoms with Crippen LogP contribution in [0.2, 0.25) is 0 Å². The van der Waals surface area contributed by atoms with Gasteiger partial charge in [0.2, 0.25) is 16.0 Å². The minimum atomic E-state index is -3.63. The molecule has 0 unspecified atom stereocenters. The number of hydrogen-bond donors (Lipinski definition) is 0. The van der Waals surface area contributed by atoms with E-state index in [4.69, 9.17) is 14.5 Å². The molecule has 1 aromatic heterocycles. The first-order valence-corrected chi connectivity index (χ1v) is 12.4. The fourth-order valence-electron chi connectivity index (χ4n) is 4.14. The maximum absolute atomic E-state index is 13.4. The zero-order valence-corrected chi connectivity index (χ0v) is 19.3. The lowest BCUT2D eigenvalue weighted by molar-refractivity contribution is 0.122. The third-order valence-electron chi connectivity index (χ3n) is 6.11. The molecular formula is C24H26N4O4S. The third kappa shape index (κ3) is 4.44. The SMILES string of the molecule is COc1ccc(-c2ccc(S(=O)(=O)N3CCc4cnc(N5CCOCC5)nc4C3)cc2)cc1. The monoisotopic (exact) mass is 466 g/mol. The van der Waals surface area contributed by atoms with Gasteiger partial charge in [-0.3, -0.25) is 0 Å². The number of nitrogens with zero attached hydrogens (tertiary/aromatic N) is 4. The molecule has 5 rings (SSSR count). The summed E-state index contributed by atoms with van der Waals surface area (Å²) in [4.78, 5) is 11.6. The standard InChI is InChI=1S/C24H26N4O4S/c1-31-21-6-2-18(3-7-21)19-4-8-22(9-5-19)33(29,30)28-11-10-20-16-25-24(26-23(20)17-28)27-12-14-32-15-13-27/h2-9,16H,10-15,17H2,1H3. The Balaban J connectivity index is 1.35. The molecule has 1 saturated heterocycles. The number of benzene rings is 2. The van der Waals surface area contributed by atoms with Crippen molar-refractivity contribution in [2.45, 2.75) is 17.9 Å². The first-order valence-electron chi connectivity index (χ1n) is 11.0. The van der Waals surface area contributed by atoms with Gasteiger partial charge in [-0.2, -0.15) is 4.31 Å². The lowest BCUT2D eigenvalue weighted by atomic mass is 10.1. The highest BCUT2D eigenvalue weighted by atomic mass is 32.2. The molecule has 0 N–H and O–H groups in total. The van der Waals surface area contributed by atoms with Crippen molar-refractivity contribution in [3.8, 4) is 16.9 Å². The maximum atomic E-state index is 13.4. The second-order valence-electron chi connectivity index (χ2n) is 8.08. The van der Waals surface area contributed by atoms with Gasteiger partial charge in [-0.15, -0.1) is 0 Å². The van der Waals surface area contributed by atoms with E-state index in [9.17, 15) is 8.42 Å². The van der Waals surface area contributed by atoms with Crippen molar-refractivity contribution in [1.29, 1.82) is 0 Å². The van der Waals surface area contributed by atoms with Gasteiger partial charge >= 0.3 is 0 Å². The van der Waals surface area contributed by atoms with Gasteiger partial charge in [-0.25, -0.2) is 18.4 Å². The van der Waals surface area contributed by atoms with Crippen molar-refractivity contribution in [1.82, 2.24) is 14.3 Å². The predicted octanol–water partition coefficient (Wildman–Crippen LogP) is 2.74. The smallest absolute Gasteiger partial charge is 0.243 e. The van der Waals surface area contributed by atoms with Gasteiger partial charge in [-0.05, 0) is 47.4 Å². The van der Waals surface area contributed by atoms with Crippen molar-refractivity contribution < 1.29 is 17.9 Å². The molecule has 0 bridgehead atoms. The highest BCUT2D eigenvalue weighted by Crippen LogP contribution is 2.28. The highest BCUT2D eigenvalue weighted by Gasteiger charge is 2.30. The van der Waals surface area contributed by atoms with Crippen molar-refractivity contribution in [2.75, 3.05) is 44.9 Å². The van der Waals surface area contributed by atoms with Crippen LogP contribution in [-0.4, -0.2) is 62.6 Å². The van der Waals surface area contributed by atoms with Crippen LogP contribution in [0.4, 0.5) is 5.95 Å². The first kappa shape index (κ1) is 21.8. The molecule has 0 aliphatic carbocycles. The molecule has 8 nitrogen and oxygen atoms in total. The Morgan fingerprint density at radius 2 is 1.61 bits per heavy atom. The van der Waals surface area contributed by atoms with Crippen LogP contribution in [0.5, 0.6) is 5.75 Å². The van der Waals surface area contributed by atoms with Crippen molar-refractivity contribution in [3.63, 3.8) is 0 Å². The Morgan fingerprint density at radius 1 is 0.939 bits per heavy atom. The van der Waals surface area contributed by atoms with Crippen LogP contribution in [0, 0.1) is 0 Å². The fraction of sp³-hybridized carbons (Fsp3) is 0.333. The third-order valence-corrected chi connectivity index (χ3v) is 7.97.